The number of anilines is 1. The molecule has 27 heavy (non-hydrogen) atoms. The molecule has 0 bridgehead atoms. The maximum atomic E-state index is 13.0. The van der Waals surface area contributed by atoms with E-state index >= 15 is 0 Å². The van der Waals surface area contributed by atoms with Crippen LogP contribution in [0.1, 0.15) is 6.42 Å². The van der Waals surface area contributed by atoms with Gasteiger partial charge < -0.3 is 5.32 Å². The van der Waals surface area contributed by atoms with Gasteiger partial charge in [-0.2, -0.15) is 0 Å². The quantitative estimate of drug-likeness (QED) is 0.770. The van der Waals surface area contributed by atoms with E-state index in [4.69, 9.17) is 23.2 Å². The third-order valence-corrected chi connectivity index (χ3v) is 5.54. The van der Waals surface area contributed by atoms with Crippen LogP contribution in [0.5, 0.6) is 0 Å². The van der Waals surface area contributed by atoms with Gasteiger partial charge in [0, 0.05) is 18.5 Å². The van der Waals surface area contributed by atoms with Crippen LogP contribution >= 0.6 is 35.0 Å². The number of rotatable bonds is 4. The maximum Gasteiger partial charge on any atom is 0.242 e. The zero-order valence-corrected chi connectivity index (χ0v) is 16.4. The number of hydrogen-bond donors (Lipinski definition) is 1. The van der Waals surface area contributed by atoms with Gasteiger partial charge in [0.05, 0.1) is 16.4 Å². The first-order valence-electron chi connectivity index (χ1n) is 7.87. The van der Waals surface area contributed by atoms with E-state index in [-0.39, 0.29) is 24.1 Å². The number of thioether (sulfide) groups is 1. The lowest BCUT2D eigenvalue weighted by molar-refractivity contribution is -0.127. The number of amidine groups is 1. The highest BCUT2D eigenvalue weighted by atomic mass is 35.5. The summed E-state index contributed by atoms with van der Waals surface area (Å²) >= 11 is 13.1. The zero-order valence-electron chi connectivity index (χ0n) is 14.1. The number of benzene rings is 2. The molecule has 5 nitrogen and oxygen atoms in total. The summed E-state index contributed by atoms with van der Waals surface area (Å²) in [6, 6.07) is 10.4. The topological polar surface area (TPSA) is 61.8 Å². The van der Waals surface area contributed by atoms with Crippen molar-refractivity contribution in [3.63, 3.8) is 0 Å². The Kier molecular flexibility index (Phi) is 6.04. The van der Waals surface area contributed by atoms with Crippen LogP contribution in [-0.2, 0) is 9.59 Å². The fourth-order valence-corrected chi connectivity index (χ4v) is 3.99. The Balaban J connectivity index is 1.67. The van der Waals surface area contributed by atoms with Crippen LogP contribution in [0.15, 0.2) is 47.5 Å². The molecule has 1 fully saturated rings. The minimum Gasteiger partial charge on any atom is -0.325 e. The summed E-state index contributed by atoms with van der Waals surface area (Å²) in [5, 5.41) is 3.31. The van der Waals surface area contributed by atoms with Crippen molar-refractivity contribution in [1.29, 1.82) is 0 Å². The third-order valence-electron chi connectivity index (χ3n) is 3.77. The summed E-state index contributed by atoms with van der Waals surface area (Å²) in [5.74, 6) is -0.933. The minimum absolute atomic E-state index is 0.0325. The summed E-state index contributed by atoms with van der Waals surface area (Å²) in [7, 11) is 1.59. The number of hydrogen-bond acceptors (Lipinski definition) is 4. The number of aliphatic imine (C=N–C) groups is 1. The van der Waals surface area contributed by atoms with Gasteiger partial charge >= 0.3 is 0 Å². The van der Waals surface area contributed by atoms with E-state index in [0.29, 0.717) is 26.6 Å². The van der Waals surface area contributed by atoms with E-state index in [1.54, 1.807) is 19.2 Å². The standard InChI is InChI=1S/C18H14Cl2FN3O2S/c1-24-17(26)15(27-18(24)22-12-5-3-11(21)4-6-12)9-16(25)23-14-7-2-10(19)8-13(14)20/h2-8,15H,9H2,1H3,(H,23,25). The molecular weight excluding hydrogens is 412 g/mol. The van der Waals surface area contributed by atoms with Crippen molar-refractivity contribution in [2.75, 3.05) is 12.4 Å². The molecule has 2 aromatic carbocycles. The fourth-order valence-electron chi connectivity index (χ4n) is 2.38. The fraction of sp³-hybridized carbons (Fsp3) is 0.167. The molecule has 0 spiro atoms. The van der Waals surface area contributed by atoms with Crippen molar-refractivity contribution in [1.82, 2.24) is 4.90 Å². The van der Waals surface area contributed by atoms with E-state index in [1.165, 1.54) is 47.0 Å². The van der Waals surface area contributed by atoms with Gasteiger partial charge in [-0.15, -0.1) is 0 Å². The van der Waals surface area contributed by atoms with Crippen molar-refractivity contribution < 1.29 is 14.0 Å². The van der Waals surface area contributed by atoms with Crippen LogP contribution in [0.3, 0.4) is 0 Å². The predicted molar refractivity (Wildman–Crippen MR) is 107 cm³/mol. The minimum atomic E-state index is -0.597. The smallest absolute Gasteiger partial charge is 0.242 e. The zero-order chi connectivity index (χ0) is 19.6. The average Bonchev–Trinajstić information content (AvgIpc) is 2.87. The van der Waals surface area contributed by atoms with Crippen LogP contribution in [0.25, 0.3) is 0 Å². The Bertz CT molecular complexity index is 921. The lowest BCUT2D eigenvalue weighted by Gasteiger charge is -2.10. The number of nitrogens with zero attached hydrogens (tertiary/aromatic N) is 2. The molecule has 140 valence electrons. The van der Waals surface area contributed by atoms with Gasteiger partial charge in [0.15, 0.2) is 5.17 Å². The van der Waals surface area contributed by atoms with E-state index < -0.39 is 5.25 Å². The van der Waals surface area contributed by atoms with Gasteiger partial charge in [0.2, 0.25) is 11.8 Å². The number of amides is 2. The first-order valence-corrected chi connectivity index (χ1v) is 9.50. The molecule has 1 atom stereocenters. The molecule has 2 aromatic rings. The first-order chi connectivity index (χ1) is 12.8. The number of carbonyl (C=O) groups is 2. The highest BCUT2D eigenvalue weighted by Crippen LogP contribution is 2.31. The van der Waals surface area contributed by atoms with Crippen LogP contribution in [0, 0.1) is 5.82 Å². The number of halogens is 3. The Morgan fingerprint density at radius 2 is 1.96 bits per heavy atom. The van der Waals surface area contributed by atoms with Crippen LogP contribution in [-0.4, -0.2) is 34.2 Å². The molecule has 2 amide bonds. The Morgan fingerprint density at radius 3 is 2.63 bits per heavy atom. The highest BCUT2D eigenvalue weighted by Gasteiger charge is 2.37. The summed E-state index contributed by atoms with van der Waals surface area (Å²) in [6.07, 6.45) is -0.0325. The van der Waals surface area contributed by atoms with Gasteiger partial charge in [-0.3, -0.25) is 14.5 Å². The molecule has 1 aliphatic heterocycles. The summed E-state index contributed by atoms with van der Waals surface area (Å²) in [6.45, 7) is 0. The molecule has 0 radical (unpaired) electrons. The maximum absolute atomic E-state index is 13.0. The monoisotopic (exact) mass is 425 g/mol. The summed E-state index contributed by atoms with van der Waals surface area (Å²) in [5.41, 5.74) is 0.951. The van der Waals surface area contributed by atoms with E-state index in [1.807, 2.05) is 0 Å². The summed E-state index contributed by atoms with van der Waals surface area (Å²) in [4.78, 5) is 30.4. The van der Waals surface area contributed by atoms with Gasteiger partial charge in [0.25, 0.3) is 0 Å². The molecule has 1 N–H and O–H groups in total. The largest absolute Gasteiger partial charge is 0.325 e. The van der Waals surface area contributed by atoms with E-state index in [2.05, 4.69) is 10.3 Å². The predicted octanol–water partition coefficient (Wildman–Crippen LogP) is 4.72. The Hall–Kier alpha value is -2.09. The highest BCUT2D eigenvalue weighted by molar-refractivity contribution is 8.15. The number of carbonyl (C=O) groups excluding carboxylic acids is 2. The van der Waals surface area contributed by atoms with Crippen molar-refractivity contribution in [3.05, 3.63) is 58.3 Å². The molecule has 1 aliphatic rings. The van der Waals surface area contributed by atoms with Gasteiger partial charge in [-0.25, -0.2) is 9.38 Å². The second-order valence-electron chi connectivity index (χ2n) is 5.75. The lowest BCUT2D eigenvalue weighted by Crippen LogP contribution is -2.30. The Morgan fingerprint density at radius 1 is 1.26 bits per heavy atom. The molecule has 3 rings (SSSR count). The average molecular weight is 426 g/mol. The van der Waals surface area contributed by atoms with E-state index in [9.17, 15) is 14.0 Å². The second kappa shape index (κ2) is 8.29. The molecule has 9 heteroatoms. The first kappa shape index (κ1) is 19.7. The van der Waals surface area contributed by atoms with Gasteiger partial charge in [0.1, 0.15) is 11.1 Å². The van der Waals surface area contributed by atoms with Gasteiger partial charge in [-0.1, -0.05) is 35.0 Å². The van der Waals surface area contributed by atoms with Crippen molar-refractivity contribution in [3.8, 4) is 0 Å². The SMILES string of the molecule is CN1C(=O)C(CC(=O)Nc2ccc(Cl)cc2Cl)SC1=Nc1ccc(F)cc1. The molecule has 1 saturated heterocycles. The van der Waals surface area contributed by atoms with Crippen molar-refractivity contribution in [2.24, 2.45) is 4.99 Å². The molecule has 0 saturated carbocycles. The molecule has 0 aliphatic carbocycles. The third kappa shape index (κ3) is 4.80. The normalized spacial score (nSPS) is 18.2. The summed E-state index contributed by atoms with van der Waals surface area (Å²) < 4.78 is 13.0. The molecule has 0 aromatic heterocycles. The van der Waals surface area contributed by atoms with Crippen LogP contribution in [0.2, 0.25) is 10.0 Å². The van der Waals surface area contributed by atoms with Crippen LogP contribution in [0.4, 0.5) is 15.8 Å². The Labute approximate surface area is 169 Å². The second-order valence-corrected chi connectivity index (χ2v) is 7.76. The molecule has 1 unspecified atom stereocenters. The van der Waals surface area contributed by atoms with Crippen molar-refractivity contribution in [2.45, 2.75) is 11.7 Å². The molecule has 1 heterocycles. The van der Waals surface area contributed by atoms with E-state index in [0.717, 1.165) is 0 Å². The van der Waals surface area contributed by atoms with Crippen molar-refractivity contribution >= 4 is 63.3 Å². The molecular formula is C18H14Cl2FN3O2S. The van der Waals surface area contributed by atoms with Gasteiger partial charge in [-0.05, 0) is 42.5 Å². The van der Waals surface area contributed by atoms with Crippen LogP contribution < -0.4 is 5.32 Å². The lowest BCUT2D eigenvalue weighted by atomic mass is 10.2. The number of nitrogens with one attached hydrogen (secondary N) is 1.